The molecule has 0 radical (unpaired) electrons. The molecule has 4 heteroatoms. The van der Waals surface area contributed by atoms with Gasteiger partial charge in [0, 0.05) is 12.6 Å². The van der Waals surface area contributed by atoms with Gasteiger partial charge >= 0.3 is 0 Å². The van der Waals surface area contributed by atoms with Crippen LogP contribution in [0.15, 0.2) is 24.3 Å². The van der Waals surface area contributed by atoms with Gasteiger partial charge in [0.15, 0.2) is 0 Å². The third-order valence-electron chi connectivity index (χ3n) is 4.45. The monoisotopic (exact) mass is 310 g/mol. The molecular weight excluding hydrogens is 284 g/mol. The van der Waals surface area contributed by atoms with Crippen molar-refractivity contribution < 1.29 is 4.79 Å². The molecule has 1 fully saturated rings. The van der Waals surface area contributed by atoms with Crippen molar-refractivity contribution in [2.45, 2.75) is 46.1 Å². The third kappa shape index (κ3) is 5.01. The number of benzene rings is 1. The molecule has 21 heavy (non-hydrogen) atoms. The van der Waals surface area contributed by atoms with Crippen LogP contribution in [0.4, 0.5) is 0 Å². The Labute approximate surface area is 134 Å². The van der Waals surface area contributed by atoms with Crippen molar-refractivity contribution in [2.24, 2.45) is 5.41 Å². The van der Waals surface area contributed by atoms with E-state index in [1.807, 2.05) is 18.2 Å². The minimum Gasteiger partial charge on any atom is -0.354 e. The van der Waals surface area contributed by atoms with Crippen LogP contribution in [0.5, 0.6) is 0 Å². The summed E-state index contributed by atoms with van der Waals surface area (Å²) in [4.78, 5) is 12.1. The van der Waals surface area contributed by atoms with Crippen molar-refractivity contribution >= 4 is 18.3 Å². The Hall–Kier alpha value is -1.06. The molecule has 0 bridgehead atoms. The molecule has 1 aliphatic heterocycles. The van der Waals surface area contributed by atoms with Crippen molar-refractivity contribution in [1.29, 1.82) is 0 Å². The van der Waals surface area contributed by atoms with Crippen LogP contribution in [0.25, 0.3) is 0 Å². The standard InChI is InChI=1S/C17H26N2O.ClH/c1-13-7-4-5-8-14(13)11-16(20)19-12-15-17(2,3)9-6-10-18-15;/h4-5,7-8,15,18H,6,9-12H2,1-3H3,(H,19,20);1H. The van der Waals surface area contributed by atoms with Crippen molar-refractivity contribution in [3.63, 3.8) is 0 Å². The summed E-state index contributed by atoms with van der Waals surface area (Å²) in [5.41, 5.74) is 2.55. The van der Waals surface area contributed by atoms with Crippen molar-refractivity contribution in [3.05, 3.63) is 35.4 Å². The Morgan fingerprint density at radius 2 is 2.10 bits per heavy atom. The lowest BCUT2D eigenvalue weighted by Crippen LogP contribution is -2.53. The summed E-state index contributed by atoms with van der Waals surface area (Å²) >= 11 is 0. The fraction of sp³-hybridized carbons (Fsp3) is 0.588. The summed E-state index contributed by atoms with van der Waals surface area (Å²) in [6.07, 6.45) is 2.92. The predicted molar refractivity (Wildman–Crippen MR) is 89.9 cm³/mol. The van der Waals surface area contributed by atoms with Crippen LogP contribution in [-0.2, 0) is 11.2 Å². The lowest BCUT2D eigenvalue weighted by atomic mass is 9.77. The van der Waals surface area contributed by atoms with Gasteiger partial charge < -0.3 is 10.6 Å². The molecule has 1 aliphatic rings. The molecule has 118 valence electrons. The first-order valence-corrected chi connectivity index (χ1v) is 7.53. The molecule has 1 unspecified atom stereocenters. The van der Waals surface area contributed by atoms with Crippen molar-refractivity contribution in [1.82, 2.24) is 10.6 Å². The summed E-state index contributed by atoms with van der Waals surface area (Å²) in [5.74, 6) is 0.113. The van der Waals surface area contributed by atoms with Gasteiger partial charge in [-0.3, -0.25) is 4.79 Å². The zero-order chi connectivity index (χ0) is 14.6. The Kier molecular flexibility index (Phi) is 6.69. The molecule has 0 aromatic heterocycles. The van der Waals surface area contributed by atoms with E-state index in [1.165, 1.54) is 18.4 Å². The second-order valence-electron chi connectivity index (χ2n) is 6.51. The molecule has 1 atom stereocenters. The molecule has 0 aliphatic carbocycles. The van der Waals surface area contributed by atoms with Gasteiger partial charge in [0.1, 0.15) is 0 Å². The molecule has 2 rings (SSSR count). The van der Waals surface area contributed by atoms with Crippen LogP contribution in [0.3, 0.4) is 0 Å². The van der Waals surface area contributed by atoms with Gasteiger partial charge in [-0.25, -0.2) is 0 Å². The van der Waals surface area contributed by atoms with Crippen molar-refractivity contribution in [2.75, 3.05) is 13.1 Å². The highest BCUT2D eigenvalue weighted by Gasteiger charge is 2.31. The maximum absolute atomic E-state index is 12.1. The first-order valence-electron chi connectivity index (χ1n) is 7.53. The Morgan fingerprint density at radius 3 is 2.76 bits per heavy atom. The first kappa shape index (κ1) is 18.0. The fourth-order valence-corrected chi connectivity index (χ4v) is 2.88. The van der Waals surface area contributed by atoms with Gasteiger partial charge in [0.05, 0.1) is 6.42 Å². The minimum absolute atomic E-state index is 0. The van der Waals surface area contributed by atoms with Gasteiger partial charge in [-0.05, 0) is 42.9 Å². The van der Waals surface area contributed by atoms with E-state index in [4.69, 9.17) is 0 Å². The summed E-state index contributed by atoms with van der Waals surface area (Å²) < 4.78 is 0. The average Bonchev–Trinajstić information content (AvgIpc) is 2.40. The third-order valence-corrected chi connectivity index (χ3v) is 4.45. The molecular formula is C17H27ClN2O. The second kappa shape index (κ2) is 7.81. The van der Waals surface area contributed by atoms with E-state index in [9.17, 15) is 4.79 Å². The second-order valence-corrected chi connectivity index (χ2v) is 6.51. The summed E-state index contributed by atoms with van der Waals surface area (Å²) in [6, 6.07) is 8.44. The highest BCUT2D eigenvalue weighted by molar-refractivity contribution is 5.85. The Morgan fingerprint density at radius 1 is 1.38 bits per heavy atom. The number of amides is 1. The Bertz CT molecular complexity index is 474. The van der Waals surface area contributed by atoms with Crippen LogP contribution >= 0.6 is 12.4 Å². The van der Waals surface area contributed by atoms with E-state index in [2.05, 4.69) is 37.5 Å². The molecule has 1 saturated heterocycles. The summed E-state index contributed by atoms with van der Waals surface area (Å²) in [6.45, 7) is 8.38. The van der Waals surface area contributed by atoms with Gasteiger partial charge in [-0.15, -0.1) is 12.4 Å². The number of hydrogen-bond donors (Lipinski definition) is 2. The largest absolute Gasteiger partial charge is 0.354 e. The van der Waals surface area contributed by atoms with E-state index < -0.39 is 0 Å². The molecule has 1 aromatic carbocycles. The lowest BCUT2D eigenvalue weighted by molar-refractivity contribution is -0.120. The molecule has 3 nitrogen and oxygen atoms in total. The molecule has 1 aromatic rings. The minimum atomic E-state index is 0. The van der Waals surface area contributed by atoms with E-state index in [1.54, 1.807) is 0 Å². The number of carbonyl (C=O) groups is 1. The maximum Gasteiger partial charge on any atom is 0.224 e. The normalized spacial score (nSPS) is 20.4. The highest BCUT2D eigenvalue weighted by atomic mass is 35.5. The number of aryl methyl sites for hydroxylation is 1. The lowest BCUT2D eigenvalue weighted by Gasteiger charge is -2.39. The number of piperidine rings is 1. The SMILES string of the molecule is Cc1ccccc1CC(=O)NCC1NCCCC1(C)C.Cl. The predicted octanol–water partition coefficient (Wildman–Crippen LogP) is 2.85. The molecule has 2 N–H and O–H groups in total. The smallest absolute Gasteiger partial charge is 0.224 e. The average molecular weight is 311 g/mol. The Balaban J connectivity index is 0.00000220. The van der Waals surface area contributed by atoms with E-state index in [0.29, 0.717) is 12.5 Å². The number of nitrogens with one attached hydrogen (secondary N) is 2. The molecule has 0 saturated carbocycles. The first-order chi connectivity index (χ1) is 9.49. The van der Waals surface area contributed by atoms with Gasteiger partial charge in [-0.1, -0.05) is 38.1 Å². The zero-order valence-corrected chi connectivity index (χ0v) is 14.1. The summed E-state index contributed by atoms with van der Waals surface area (Å²) in [7, 11) is 0. The number of halogens is 1. The fourth-order valence-electron chi connectivity index (χ4n) is 2.88. The molecule has 1 heterocycles. The van der Waals surface area contributed by atoms with Crippen LogP contribution in [0, 0.1) is 12.3 Å². The zero-order valence-electron chi connectivity index (χ0n) is 13.2. The van der Waals surface area contributed by atoms with Crippen LogP contribution in [0.2, 0.25) is 0 Å². The van der Waals surface area contributed by atoms with Gasteiger partial charge in [0.25, 0.3) is 0 Å². The molecule has 1 amide bonds. The number of rotatable bonds is 4. The van der Waals surface area contributed by atoms with Crippen LogP contribution in [-0.4, -0.2) is 25.0 Å². The van der Waals surface area contributed by atoms with E-state index >= 15 is 0 Å². The van der Waals surface area contributed by atoms with Gasteiger partial charge in [-0.2, -0.15) is 0 Å². The van der Waals surface area contributed by atoms with Gasteiger partial charge in [0.2, 0.25) is 5.91 Å². The topological polar surface area (TPSA) is 41.1 Å². The van der Waals surface area contributed by atoms with Crippen molar-refractivity contribution in [3.8, 4) is 0 Å². The molecule has 0 spiro atoms. The maximum atomic E-state index is 12.1. The number of carbonyl (C=O) groups excluding carboxylic acids is 1. The summed E-state index contributed by atoms with van der Waals surface area (Å²) in [5, 5.41) is 6.61. The quantitative estimate of drug-likeness (QED) is 0.898. The highest BCUT2D eigenvalue weighted by Crippen LogP contribution is 2.29. The van der Waals surface area contributed by atoms with Crippen LogP contribution < -0.4 is 10.6 Å². The van der Waals surface area contributed by atoms with Crippen LogP contribution in [0.1, 0.15) is 37.8 Å². The van der Waals surface area contributed by atoms with E-state index in [0.717, 1.165) is 18.7 Å². The number of hydrogen-bond acceptors (Lipinski definition) is 2. The van der Waals surface area contributed by atoms with E-state index in [-0.39, 0.29) is 23.7 Å².